The van der Waals surface area contributed by atoms with Gasteiger partial charge in [-0.05, 0) is 31.0 Å². The molecule has 0 aliphatic heterocycles. The van der Waals surface area contributed by atoms with Crippen LogP contribution >= 0.6 is 0 Å². The van der Waals surface area contributed by atoms with Gasteiger partial charge in [-0.2, -0.15) is 0 Å². The van der Waals surface area contributed by atoms with Crippen molar-refractivity contribution < 1.29 is 18.4 Å². The number of sulfone groups is 1. The molecule has 0 atom stereocenters. The Balaban J connectivity index is 1.61. The van der Waals surface area contributed by atoms with E-state index in [4.69, 9.17) is 5.21 Å². The molecule has 0 aliphatic rings. The molecule has 0 saturated heterocycles. The Hall–Kier alpha value is -3.04. The maximum atomic E-state index is 12.4. The van der Waals surface area contributed by atoms with Gasteiger partial charge >= 0.3 is 0 Å². The van der Waals surface area contributed by atoms with Crippen LogP contribution in [-0.4, -0.2) is 40.3 Å². The maximum Gasteiger partial charge on any atom is 0.274 e. The van der Waals surface area contributed by atoms with Crippen LogP contribution in [0.4, 0.5) is 0 Å². The van der Waals surface area contributed by atoms with Crippen molar-refractivity contribution in [3.63, 3.8) is 0 Å². The number of carbonyl (C=O) groups excluding carboxylic acids is 1. The highest BCUT2D eigenvalue weighted by atomic mass is 32.2. The molecule has 3 rings (SSSR count). The predicted octanol–water partition coefficient (Wildman–Crippen LogP) is 1.99. The zero-order valence-electron chi connectivity index (χ0n) is 15.2. The minimum atomic E-state index is -3.40. The van der Waals surface area contributed by atoms with Gasteiger partial charge in [0.2, 0.25) is 0 Å². The van der Waals surface area contributed by atoms with E-state index in [0.717, 1.165) is 16.7 Å². The summed E-state index contributed by atoms with van der Waals surface area (Å²) in [7, 11) is -3.40. The third-order valence-corrected chi connectivity index (χ3v) is 5.72. The molecule has 146 valence electrons. The number of hydroxylamine groups is 1. The van der Waals surface area contributed by atoms with Gasteiger partial charge in [-0.3, -0.25) is 10.0 Å². The lowest BCUT2D eigenvalue weighted by molar-refractivity contribution is 0.0706. The lowest BCUT2D eigenvalue weighted by atomic mass is 10.1. The average molecular weight is 400 g/mol. The Bertz CT molecular complexity index is 1060. The highest BCUT2D eigenvalue weighted by Crippen LogP contribution is 2.17. The molecule has 9 heteroatoms. The van der Waals surface area contributed by atoms with Gasteiger partial charge in [0.05, 0.1) is 11.9 Å². The third kappa shape index (κ3) is 5.02. The Morgan fingerprint density at radius 1 is 1.11 bits per heavy atom. The van der Waals surface area contributed by atoms with Crippen molar-refractivity contribution in [2.75, 3.05) is 5.75 Å². The van der Waals surface area contributed by atoms with E-state index >= 15 is 0 Å². The summed E-state index contributed by atoms with van der Waals surface area (Å²) < 4.78 is 26.1. The Morgan fingerprint density at radius 2 is 1.79 bits per heavy atom. The Morgan fingerprint density at radius 3 is 2.43 bits per heavy atom. The first-order valence-electron chi connectivity index (χ1n) is 8.57. The number of hydrogen-bond donors (Lipinski definition) is 2. The molecular weight excluding hydrogens is 380 g/mol. The number of aryl methyl sites for hydroxylation is 2. The minimum absolute atomic E-state index is 0.0573. The molecule has 0 unspecified atom stereocenters. The van der Waals surface area contributed by atoms with Gasteiger partial charge in [0.25, 0.3) is 5.91 Å². The molecule has 0 radical (unpaired) electrons. The number of carbonyl (C=O) groups is 1. The highest BCUT2D eigenvalue weighted by molar-refractivity contribution is 7.90. The molecule has 0 saturated carbocycles. The Kier molecular flexibility index (Phi) is 5.86. The van der Waals surface area contributed by atoms with Crippen LogP contribution in [0.2, 0.25) is 0 Å². The van der Waals surface area contributed by atoms with Gasteiger partial charge in [0.1, 0.15) is 11.6 Å². The smallest absolute Gasteiger partial charge is 0.274 e. The monoisotopic (exact) mass is 400 g/mol. The van der Waals surface area contributed by atoms with Crippen molar-refractivity contribution >= 4 is 15.7 Å². The van der Waals surface area contributed by atoms with Gasteiger partial charge in [-0.15, -0.1) is 5.10 Å². The van der Waals surface area contributed by atoms with E-state index in [1.165, 1.54) is 16.8 Å². The summed E-state index contributed by atoms with van der Waals surface area (Å²) in [5.74, 6) is -0.926. The first-order chi connectivity index (χ1) is 13.4. The van der Waals surface area contributed by atoms with Crippen LogP contribution in [0.25, 0.3) is 11.3 Å². The van der Waals surface area contributed by atoms with Gasteiger partial charge in [-0.1, -0.05) is 47.2 Å². The van der Waals surface area contributed by atoms with Crippen LogP contribution in [0.5, 0.6) is 0 Å². The molecule has 8 nitrogen and oxygen atoms in total. The quantitative estimate of drug-likeness (QED) is 0.463. The van der Waals surface area contributed by atoms with Gasteiger partial charge in [0, 0.05) is 11.1 Å². The number of nitrogens with zero attached hydrogens (tertiary/aromatic N) is 3. The van der Waals surface area contributed by atoms with Crippen LogP contribution in [0.3, 0.4) is 0 Å². The number of amides is 1. The molecule has 1 aromatic heterocycles. The van der Waals surface area contributed by atoms with Crippen LogP contribution in [0.15, 0.2) is 54.7 Å². The van der Waals surface area contributed by atoms with E-state index in [1.807, 2.05) is 31.2 Å². The molecule has 1 heterocycles. The van der Waals surface area contributed by atoms with Crippen LogP contribution in [-0.2, 0) is 22.1 Å². The van der Waals surface area contributed by atoms with E-state index in [1.54, 1.807) is 23.8 Å². The van der Waals surface area contributed by atoms with Crippen molar-refractivity contribution in [3.05, 3.63) is 71.4 Å². The highest BCUT2D eigenvalue weighted by Gasteiger charge is 2.14. The number of benzene rings is 2. The van der Waals surface area contributed by atoms with Crippen molar-refractivity contribution in [1.29, 1.82) is 0 Å². The lowest BCUT2D eigenvalue weighted by Gasteiger charge is -2.05. The predicted molar refractivity (Wildman–Crippen MR) is 103 cm³/mol. The summed E-state index contributed by atoms with van der Waals surface area (Å²) in [6.07, 6.45) is 1.92. The number of aromatic nitrogens is 3. The largest absolute Gasteiger partial charge is 0.288 e. The van der Waals surface area contributed by atoms with Crippen LogP contribution < -0.4 is 5.48 Å². The summed E-state index contributed by atoms with van der Waals surface area (Å²) >= 11 is 0. The molecule has 0 fully saturated rings. The number of hydrogen-bond acceptors (Lipinski definition) is 6. The molecular formula is C19H20N4O4S. The molecule has 2 aromatic carbocycles. The second-order valence-electron chi connectivity index (χ2n) is 6.47. The summed E-state index contributed by atoms with van der Waals surface area (Å²) in [6, 6.07) is 14.1. The number of nitrogens with one attached hydrogen (secondary N) is 1. The van der Waals surface area contributed by atoms with Crippen LogP contribution in [0, 0.1) is 6.92 Å². The molecule has 0 aliphatic carbocycles. The third-order valence-electron chi connectivity index (χ3n) is 4.23. The average Bonchev–Trinajstić information content (AvgIpc) is 3.14. The summed E-state index contributed by atoms with van der Waals surface area (Å²) in [5.41, 5.74) is 5.24. The normalized spacial score (nSPS) is 11.4. The van der Waals surface area contributed by atoms with Crippen molar-refractivity contribution in [1.82, 2.24) is 20.5 Å². The van der Waals surface area contributed by atoms with E-state index in [-0.39, 0.29) is 11.6 Å². The van der Waals surface area contributed by atoms with E-state index in [2.05, 4.69) is 10.3 Å². The molecule has 1 amide bonds. The first kappa shape index (κ1) is 19.7. The summed E-state index contributed by atoms with van der Waals surface area (Å²) in [6.45, 7) is 1.99. The molecule has 2 N–H and O–H groups in total. The maximum absolute atomic E-state index is 12.4. The van der Waals surface area contributed by atoms with E-state index in [0.29, 0.717) is 17.7 Å². The lowest BCUT2D eigenvalue weighted by Crippen LogP contribution is -2.18. The minimum Gasteiger partial charge on any atom is -0.288 e. The second kappa shape index (κ2) is 8.32. The SMILES string of the molecule is Cc1ccc(-c2cn(CS(=O)(=O)CCc3ccc(C(=O)NO)cc3)nn2)cc1. The van der Waals surface area contributed by atoms with Gasteiger partial charge < -0.3 is 0 Å². The fraction of sp³-hybridized carbons (Fsp3) is 0.211. The Labute approximate surface area is 162 Å². The first-order valence-corrected chi connectivity index (χ1v) is 10.4. The fourth-order valence-electron chi connectivity index (χ4n) is 2.64. The van der Waals surface area contributed by atoms with Gasteiger partial charge in [-0.25, -0.2) is 18.6 Å². The number of rotatable bonds is 7. The summed E-state index contributed by atoms with van der Waals surface area (Å²) in [4.78, 5) is 11.3. The second-order valence-corrected chi connectivity index (χ2v) is 8.63. The van der Waals surface area contributed by atoms with Crippen molar-refractivity contribution in [3.8, 4) is 11.3 Å². The standard InChI is InChI=1S/C19H20N4O4S/c1-14-2-6-16(7-3-14)18-12-23(22-20-18)13-28(26,27)11-10-15-4-8-17(9-5-15)19(24)21-25/h2-9,12,25H,10-11,13H2,1H3,(H,21,24). The molecule has 28 heavy (non-hydrogen) atoms. The summed E-state index contributed by atoms with van der Waals surface area (Å²) in [5, 5.41) is 16.6. The van der Waals surface area contributed by atoms with Crippen molar-refractivity contribution in [2.24, 2.45) is 0 Å². The van der Waals surface area contributed by atoms with Crippen LogP contribution in [0.1, 0.15) is 21.5 Å². The molecule has 0 spiro atoms. The topological polar surface area (TPSA) is 114 Å². The molecule has 3 aromatic rings. The fourth-order valence-corrected chi connectivity index (χ4v) is 3.85. The van der Waals surface area contributed by atoms with E-state index in [9.17, 15) is 13.2 Å². The van der Waals surface area contributed by atoms with Crippen molar-refractivity contribution in [2.45, 2.75) is 19.2 Å². The zero-order chi connectivity index (χ0) is 20.1. The van der Waals surface area contributed by atoms with E-state index < -0.39 is 15.7 Å². The molecule has 0 bridgehead atoms. The zero-order valence-corrected chi connectivity index (χ0v) is 16.1. The van der Waals surface area contributed by atoms with Gasteiger partial charge in [0.15, 0.2) is 9.84 Å².